The molecule has 2 N–H and O–H groups in total. The van der Waals surface area contributed by atoms with Crippen molar-refractivity contribution in [3.63, 3.8) is 0 Å². The second-order valence-electron chi connectivity index (χ2n) is 15.0. The molecule has 0 saturated carbocycles. The van der Waals surface area contributed by atoms with E-state index in [0.29, 0.717) is 17.0 Å². The van der Waals surface area contributed by atoms with Crippen LogP contribution in [0.25, 0.3) is 44.6 Å². The molecule has 2 aromatic heterocycles. The Kier molecular flexibility index (Phi) is 7.23. The van der Waals surface area contributed by atoms with Gasteiger partial charge in [-0.05, 0) is 63.1 Å². The predicted octanol–water partition coefficient (Wildman–Crippen LogP) is 10.4. The second kappa shape index (κ2) is 10.7. The van der Waals surface area contributed by atoms with Crippen LogP contribution in [0.2, 0.25) is 0 Å². The maximum absolute atomic E-state index is 11.5. The molecule has 0 fully saturated rings. The van der Waals surface area contributed by atoms with Crippen LogP contribution in [-0.2, 0) is 16.2 Å². The molecule has 4 aromatic carbocycles. The van der Waals surface area contributed by atoms with E-state index in [1.165, 1.54) is 0 Å². The first kappa shape index (κ1) is 30.3. The molecular formula is C39H42N4O2. The Morgan fingerprint density at radius 2 is 1.49 bits per heavy atom. The number of hydrogen-bond donors (Lipinski definition) is 2. The number of H-pyrrole nitrogens is 1. The normalized spacial score (nSPS) is 13.0. The van der Waals surface area contributed by atoms with Gasteiger partial charge in [0, 0.05) is 34.5 Å². The number of aromatic nitrogens is 3. The Morgan fingerprint density at radius 3 is 2.16 bits per heavy atom. The van der Waals surface area contributed by atoms with Gasteiger partial charge in [-0.25, -0.2) is 4.98 Å². The third kappa shape index (κ3) is 5.77. The molecule has 0 aliphatic rings. The lowest BCUT2D eigenvalue weighted by Gasteiger charge is -2.27. The first-order valence-electron chi connectivity index (χ1n) is 15.5. The van der Waals surface area contributed by atoms with Crippen LogP contribution >= 0.6 is 0 Å². The van der Waals surface area contributed by atoms with Gasteiger partial charge in [-0.15, -0.1) is 0 Å². The molecule has 6 heteroatoms. The number of benzene rings is 4. The van der Waals surface area contributed by atoms with E-state index in [-0.39, 0.29) is 22.0 Å². The number of hydrogen-bond acceptors (Lipinski definition) is 5. The largest absolute Gasteiger partial charge is 0.507 e. The summed E-state index contributed by atoms with van der Waals surface area (Å²) in [5.74, 6) is 0.736. The van der Waals surface area contributed by atoms with Gasteiger partial charge >= 0.3 is 0 Å². The molecule has 6 aromatic rings. The van der Waals surface area contributed by atoms with Gasteiger partial charge in [0.2, 0.25) is 5.89 Å². The lowest BCUT2D eigenvalue weighted by Crippen LogP contribution is -2.17. The summed E-state index contributed by atoms with van der Waals surface area (Å²) in [4.78, 5) is 10.1. The Hall–Kier alpha value is -4.71. The van der Waals surface area contributed by atoms with Crippen molar-refractivity contribution in [1.82, 2.24) is 15.2 Å². The van der Waals surface area contributed by atoms with Crippen molar-refractivity contribution in [3.8, 4) is 28.5 Å². The van der Waals surface area contributed by atoms with Crippen LogP contribution in [0, 0.1) is 0 Å². The fourth-order valence-corrected chi connectivity index (χ4v) is 5.65. The predicted molar refractivity (Wildman–Crippen MR) is 186 cm³/mol. The van der Waals surface area contributed by atoms with Crippen LogP contribution in [0.5, 0.6) is 5.75 Å². The molecule has 0 aliphatic carbocycles. The van der Waals surface area contributed by atoms with Gasteiger partial charge in [-0.2, -0.15) is 5.10 Å². The average Bonchev–Trinajstić information content (AvgIpc) is 3.65. The minimum atomic E-state index is -0.241. The summed E-state index contributed by atoms with van der Waals surface area (Å²) in [6.07, 6.45) is 3.53. The number of aliphatic imine (C=N–C) groups is 1. The van der Waals surface area contributed by atoms with Gasteiger partial charge in [0.05, 0.1) is 16.9 Å². The zero-order chi connectivity index (χ0) is 32.3. The SMILES string of the molecule is CC(C)(C)c1cc(C=Nc2c(-c3nc4c(-c5ccn[nH]5)cc(C(C)(C)C)cc4o3)ccc3ccccc23)c(O)c(C(C)(C)C)c1. The van der Waals surface area contributed by atoms with E-state index < -0.39 is 0 Å². The third-order valence-corrected chi connectivity index (χ3v) is 8.43. The molecule has 230 valence electrons. The molecule has 0 amide bonds. The fourth-order valence-electron chi connectivity index (χ4n) is 5.65. The number of nitrogens with zero attached hydrogens (tertiary/aromatic N) is 3. The van der Waals surface area contributed by atoms with Crippen LogP contribution in [0.1, 0.15) is 84.6 Å². The van der Waals surface area contributed by atoms with Crippen molar-refractivity contribution in [2.45, 2.75) is 78.6 Å². The van der Waals surface area contributed by atoms with Gasteiger partial charge in [-0.1, -0.05) is 98.7 Å². The molecule has 6 rings (SSSR count). The molecule has 0 unspecified atom stereocenters. The molecule has 45 heavy (non-hydrogen) atoms. The van der Waals surface area contributed by atoms with Crippen molar-refractivity contribution < 1.29 is 9.52 Å². The van der Waals surface area contributed by atoms with Gasteiger partial charge < -0.3 is 9.52 Å². The van der Waals surface area contributed by atoms with E-state index in [1.54, 1.807) is 12.4 Å². The lowest BCUT2D eigenvalue weighted by atomic mass is 9.79. The van der Waals surface area contributed by atoms with Crippen molar-refractivity contribution in [3.05, 3.63) is 95.2 Å². The summed E-state index contributed by atoms with van der Waals surface area (Å²) < 4.78 is 6.55. The second-order valence-corrected chi connectivity index (χ2v) is 15.0. The highest BCUT2D eigenvalue weighted by molar-refractivity contribution is 6.02. The van der Waals surface area contributed by atoms with E-state index in [9.17, 15) is 5.11 Å². The van der Waals surface area contributed by atoms with Gasteiger partial charge in [0.15, 0.2) is 5.58 Å². The maximum Gasteiger partial charge on any atom is 0.229 e. The van der Waals surface area contributed by atoms with Gasteiger partial charge in [0.1, 0.15) is 11.3 Å². The molecule has 0 radical (unpaired) electrons. The number of aromatic amines is 1. The Labute approximate surface area is 265 Å². The smallest absolute Gasteiger partial charge is 0.229 e. The van der Waals surface area contributed by atoms with Crippen LogP contribution in [-0.4, -0.2) is 26.5 Å². The minimum Gasteiger partial charge on any atom is -0.507 e. The van der Waals surface area contributed by atoms with Crippen molar-refractivity contribution in [1.29, 1.82) is 0 Å². The van der Waals surface area contributed by atoms with E-state index >= 15 is 0 Å². The van der Waals surface area contributed by atoms with Crippen molar-refractivity contribution in [2.75, 3.05) is 0 Å². The molecule has 0 bridgehead atoms. The molecule has 0 atom stereocenters. The number of rotatable bonds is 4. The van der Waals surface area contributed by atoms with Gasteiger partial charge in [-0.3, -0.25) is 10.1 Å². The van der Waals surface area contributed by atoms with E-state index in [1.807, 2.05) is 30.3 Å². The summed E-state index contributed by atoms with van der Waals surface area (Å²) >= 11 is 0. The summed E-state index contributed by atoms with van der Waals surface area (Å²) in [5, 5.41) is 20.8. The summed E-state index contributed by atoms with van der Waals surface area (Å²) in [7, 11) is 0. The first-order valence-corrected chi connectivity index (χ1v) is 15.5. The number of oxazole rings is 1. The van der Waals surface area contributed by atoms with Crippen molar-refractivity contribution >= 4 is 33.8 Å². The van der Waals surface area contributed by atoms with Gasteiger partial charge in [0.25, 0.3) is 0 Å². The number of fused-ring (bicyclic) bond motifs is 2. The topological polar surface area (TPSA) is 87.3 Å². The highest BCUT2D eigenvalue weighted by atomic mass is 16.3. The molecule has 0 saturated heterocycles. The molecule has 0 spiro atoms. The maximum atomic E-state index is 11.5. The molecule has 6 nitrogen and oxygen atoms in total. The number of aromatic hydroxyl groups is 1. The first-order chi connectivity index (χ1) is 21.1. The van der Waals surface area contributed by atoms with Crippen LogP contribution in [0.4, 0.5) is 5.69 Å². The van der Waals surface area contributed by atoms with Crippen molar-refractivity contribution in [2.24, 2.45) is 4.99 Å². The van der Waals surface area contributed by atoms with E-state index in [2.05, 4.69) is 109 Å². The fraction of sp³-hybridized carbons (Fsp3) is 0.308. The summed E-state index contributed by atoms with van der Waals surface area (Å²) in [5.41, 5.74) is 8.22. The van der Waals surface area contributed by atoms with Crippen LogP contribution < -0.4 is 0 Å². The van der Waals surface area contributed by atoms with E-state index in [4.69, 9.17) is 14.4 Å². The zero-order valence-corrected chi connectivity index (χ0v) is 27.7. The summed E-state index contributed by atoms with van der Waals surface area (Å²) in [6, 6.07) is 22.6. The Bertz CT molecular complexity index is 2060. The molecule has 2 heterocycles. The number of phenols is 1. The third-order valence-electron chi connectivity index (χ3n) is 8.43. The lowest BCUT2D eigenvalue weighted by molar-refractivity contribution is 0.444. The number of phenolic OH excluding ortho intramolecular Hbond substituents is 1. The Morgan fingerprint density at radius 1 is 0.778 bits per heavy atom. The Balaban J connectivity index is 1.58. The minimum absolute atomic E-state index is 0.0934. The monoisotopic (exact) mass is 598 g/mol. The molecule has 0 aliphatic heterocycles. The van der Waals surface area contributed by atoms with E-state index in [0.717, 1.165) is 55.5 Å². The highest BCUT2D eigenvalue weighted by Crippen LogP contribution is 2.42. The highest BCUT2D eigenvalue weighted by Gasteiger charge is 2.25. The van der Waals surface area contributed by atoms with Crippen LogP contribution in [0.15, 0.2) is 82.3 Å². The average molecular weight is 599 g/mol. The summed E-state index contributed by atoms with van der Waals surface area (Å²) in [6.45, 7) is 19.5. The van der Waals surface area contributed by atoms with Crippen LogP contribution in [0.3, 0.4) is 0 Å². The standard InChI is InChI=1S/C39H42N4O2/c1-37(2,3)25-18-24(35(44)30(20-25)39(7,8)9)22-40-33-27-13-11-10-12-23(27)14-15-28(33)36-42-34-29(31-16-17-41-43-31)19-26(38(4,5)6)21-32(34)45-36/h10-22,44H,1-9H3,(H,41,43). The molecular weight excluding hydrogens is 556 g/mol. The number of nitrogens with one attached hydrogen (secondary N) is 1. The zero-order valence-electron chi connectivity index (χ0n) is 27.7. The quantitative estimate of drug-likeness (QED) is 0.198.